The summed E-state index contributed by atoms with van der Waals surface area (Å²) in [5.41, 5.74) is -0.0164. The summed E-state index contributed by atoms with van der Waals surface area (Å²) in [6.07, 6.45) is -0.348. The quantitative estimate of drug-likeness (QED) is 0.742. The largest absolute Gasteiger partial charge is 0.464 e. The zero-order valence-electron chi connectivity index (χ0n) is 13.8. The van der Waals surface area contributed by atoms with E-state index < -0.39 is 11.6 Å². The number of rotatable bonds is 1. The van der Waals surface area contributed by atoms with Gasteiger partial charge in [-0.25, -0.2) is 14.6 Å². The Bertz CT molecular complexity index is 601. The van der Waals surface area contributed by atoms with Gasteiger partial charge in [0.2, 0.25) is 5.01 Å². The normalized spacial score (nSPS) is 16.9. The number of ether oxygens (including phenoxy) is 2. The van der Waals surface area contributed by atoms with E-state index >= 15 is 0 Å². The maximum Gasteiger partial charge on any atom is 0.410 e. The van der Waals surface area contributed by atoms with Crippen molar-refractivity contribution in [1.29, 1.82) is 0 Å². The maximum atomic E-state index is 12.3. The average Bonchev–Trinajstić information content (AvgIpc) is 2.80. The highest BCUT2D eigenvalue weighted by Gasteiger charge is 2.39. The molecule has 2 heterocycles. The Labute approximate surface area is 134 Å². The molecule has 0 aromatic carbocycles. The summed E-state index contributed by atoms with van der Waals surface area (Å²) in [6, 6.07) is 0. The van der Waals surface area contributed by atoms with E-state index in [4.69, 9.17) is 9.47 Å². The van der Waals surface area contributed by atoms with Crippen molar-refractivity contribution in [2.45, 2.75) is 52.2 Å². The second-order valence-corrected chi connectivity index (χ2v) is 8.09. The first kappa shape index (κ1) is 16.7. The highest BCUT2D eigenvalue weighted by molar-refractivity contribution is 7.13. The maximum absolute atomic E-state index is 12.3. The van der Waals surface area contributed by atoms with Crippen LogP contribution in [0.4, 0.5) is 4.79 Å². The van der Waals surface area contributed by atoms with Crippen molar-refractivity contribution in [3.63, 3.8) is 0 Å². The molecule has 0 atom stereocenters. The fourth-order valence-electron chi connectivity index (χ4n) is 2.40. The van der Waals surface area contributed by atoms with Crippen LogP contribution < -0.4 is 0 Å². The van der Waals surface area contributed by atoms with Crippen molar-refractivity contribution in [2.75, 3.05) is 13.7 Å². The SMILES string of the molecule is COC(=O)c1nc2c(s1)CN(C(=O)OC(C)(C)C)CC2(C)C. The zero-order chi connectivity index (χ0) is 16.7. The summed E-state index contributed by atoms with van der Waals surface area (Å²) in [6.45, 7) is 10.4. The van der Waals surface area contributed by atoms with E-state index in [0.717, 1.165) is 10.6 Å². The molecule has 0 saturated heterocycles. The molecule has 122 valence electrons. The van der Waals surface area contributed by atoms with E-state index in [1.807, 2.05) is 34.6 Å². The third-order valence-electron chi connectivity index (χ3n) is 3.27. The summed E-state index contributed by atoms with van der Waals surface area (Å²) in [5.74, 6) is -0.445. The summed E-state index contributed by atoms with van der Waals surface area (Å²) in [4.78, 5) is 30.9. The van der Waals surface area contributed by atoms with E-state index in [1.54, 1.807) is 4.90 Å². The van der Waals surface area contributed by atoms with Crippen molar-refractivity contribution in [1.82, 2.24) is 9.88 Å². The first-order valence-electron chi connectivity index (χ1n) is 7.10. The molecule has 0 fully saturated rings. The van der Waals surface area contributed by atoms with Crippen LogP contribution in [0.2, 0.25) is 0 Å². The monoisotopic (exact) mass is 326 g/mol. The minimum absolute atomic E-state index is 0.326. The Morgan fingerprint density at radius 1 is 1.32 bits per heavy atom. The lowest BCUT2D eigenvalue weighted by atomic mass is 9.85. The molecule has 0 saturated carbocycles. The number of aromatic nitrogens is 1. The summed E-state index contributed by atoms with van der Waals surface area (Å²) >= 11 is 1.27. The van der Waals surface area contributed by atoms with E-state index in [9.17, 15) is 9.59 Å². The molecule has 0 unspecified atom stereocenters. The highest BCUT2D eigenvalue weighted by atomic mass is 32.1. The van der Waals surface area contributed by atoms with Crippen LogP contribution in [0.1, 0.15) is 55.0 Å². The van der Waals surface area contributed by atoms with Crippen LogP contribution in [0.3, 0.4) is 0 Å². The number of methoxy groups -OCH3 is 1. The van der Waals surface area contributed by atoms with Gasteiger partial charge in [0.25, 0.3) is 0 Å². The standard InChI is InChI=1S/C15H22N2O4S/c1-14(2,3)21-13(19)17-7-9-10(15(4,5)8-17)16-11(22-9)12(18)20-6/h7-8H2,1-6H3. The van der Waals surface area contributed by atoms with Crippen LogP contribution in [0.15, 0.2) is 0 Å². The number of hydrogen-bond acceptors (Lipinski definition) is 6. The molecule has 6 nitrogen and oxygen atoms in total. The van der Waals surface area contributed by atoms with Gasteiger partial charge >= 0.3 is 12.1 Å². The molecular formula is C15H22N2O4S. The molecule has 1 aromatic heterocycles. The van der Waals surface area contributed by atoms with Gasteiger partial charge in [-0.2, -0.15) is 0 Å². The molecule has 1 amide bonds. The van der Waals surface area contributed by atoms with Gasteiger partial charge in [0.15, 0.2) is 0 Å². The number of carbonyl (C=O) groups excluding carboxylic acids is 2. The van der Waals surface area contributed by atoms with Gasteiger partial charge in [0, 0.05) is 16.8 Å². The van der Waals surface area contributed by atoms with Gasteiger partial charge < -0.3 is 14.4 Å². The van der Waals surface area contributed by atoms with Crippen molar-refractivity contribution in [2.24, 2.45) is 0 Å². The number of fused-ring (bicyclic) bond motifs is 1. The predicted molar refractivity (Wildman–Crippen MR) is 83.1 cm³/mol. The molecule has 0 N–H and O–H groups in total. The Balaban J connectivity index is 2.28. The zero-order valence-corrected chi connectivity index (χ0v) is 14.7. The number of amides is 1. The second-order valence-electron chi connectivity index (χ2n) is 7.00. The van der Waals surface area contributed by atoms with Crippen LogP contribution in [-0.2, 0) is 21.4 Å². The van der Waals surface area contributed by atoms with Crippen molar-refractivity contribution < 1.29 is 19.1 Å². The number of nitrogens with zero attached hydrogens (tertiary/aromatic N) is 2. The van der Waals surface area contributed by atoms with Crippen LogP contribution in [0, 0.1) is 0 Å². The van der Waals surface area contributed by atoms with Gasteiger partial charge in [0.1, 0.15) is 5.60 Å². The molecule has 7 heteroatoms. The van der Waals surface area contributed by atoms with Crippen LogP contribution in [-0.4, -0.2) is 41.2 Å². The minimum atomic E-state index is -0.535. The summed E-state index contributed by atoms with van der Waals surface area (Å²) < 4.78 is 10.2. The van der Waals surface area contributed by atoms with Crippen molar-refractivity contribution in [3.05, 3.63) is 15.6 Å². The molecule has 0 radical (unpaired) electrons. The molecular weight excluding hydrogens is 304 g/mol. The Morgan fingerprint density at radius 3 is 2.50 bits per heavy atom. The van der Waals surface area contributed by atoms with E-state index in [1.165, 1.54) is 18.4 Å². The Kier molecular flexibility index (Phi) is 4.21. The van der Waals surface area contributed by atoms with Gasteiger partial charge in [-0.3, -0.25) is 0 Å². The third-order valence-corrected chi connectivity index (χ3v) is 4.29. The van der Waals surface area contributed by atoms with Gasteiger partial charge in [-0.1, -0.05) is 13.8 Å². The highest BCUT2D eigenvalue weighted by Crippen LogP contribution is 2.36. The van der Waals surface area contributed by atoms with Crippen molar-refractivity contribution >= 4 is 23.4 Å². The number of thiazole rings is 1. The Hall–Kier alpha value is -1.63. The number of esters is 1. The summed E-state index contributed by atoms with van der Waals surface area (Å²) in [5, 5.41) is 0.326. The van der Waals surface area contributed by atoms with Crippen molar-refractivity contribution in [3.8, 4) is 0 Å². The molecule has 22 heavy (non-hydrogen) atoms. The molecule has 1 aliphatic heterocycles. The first-order valence-corrected chi connectivity index (χ1v) is 7.91. The lowest BCUT2D eigenvalue weighted by molar-refractivity contribution is 0.0174. The second kappa shape index (κ2) is 5.53. The molecule has 0 spiro atoms. The van der Waals surface area contributed by atoms with E-state index in [0.29, 0.717) is 18.1 Å². The number of carbonyl (C=O) groups is 2. The van der Waals surface area contributed by atoms with Gasteiger partial charge in [-0.05, 0) is 20.8 Å². The number of hydrogen-bond donors (Lipinski definition) is 0. The van der Waals surface area contributed by atoms with E-state index in [-0.39, 0.29) is 11.5 Å². The predicted octanol–water partition coefficient (Wildman–Crippen LogP) is 2.96. The van der Waals surface area contributed by atoms with Crippen LogP contribution >= 0.6 is 11.3 Å². The van der Waals surface area contributed by atoms with Crippen LogP contribution in [0.25, 0.3) is 0 Å². The Morgan fingerprint density at radius 2 is 1.95 bits per heavy atom. The fraction of sp³-hybridized carbons (Fsp3) is 0.667. The van der Waals surface area contributed by atoms with Gasteiger partial charge in [0.05, 0.1) is 19.3 Å². The smallest absolute Gasteiger partial charge is 0.410 e. The van der Waals surface area contributed by atoms with Crippen LogP contribution in [0.5, 0.6) is 0 Å². The minimum Gasteiger partial charge on any atom is -0.464 e. The summed E-state index contributed by atoms with van der Waals surface area (Å²) in [7, 11) is 1.33. The third kappa shape index (κ3) is 3.40. The molecule has 0 aliphatic carbocycles. The molecule has 1 aliphatic rings. The van der Waals surface area contributed by atoms with Gasteiger partial charge in [-0.15, -0.1) is 11.3 Å². The average molecular weight is 326 g/mol. The molecule has 0 bridgehead atoms. The lowest BCUT2D eigenvalue weighted by Gasteiger charge is -2.37. The fourth-order valence-corrected chi connectivity index (χ4v) is 3.58. The molecule has 2 rings (SSSR count). The van der Waals surface area contributed by atoms with E-state index in [2.05, 4.69) is 4.98 Å². The lowest BCUT2D eigenvalue weighted by Crippen LogP contribution is -2.46. The topological polar surface area (TPSA) is 68.7 Å². The molecule has 1 aromatic rings. The first-order chi connectivity index (χ1) is 10.0.